The first kappa shape index (κ1) is 16.6. The minimum absolute atomic E-state index is 0.0710. The van der Waals surface area contributed by atoms with Gasteiger partial charge in [-0.05, 0) is 48.6 Å². The number of hydrogen-bond donors (Lipinski definition) is 0. The van der Waals surface area contributed by atoms with Crippen molar-refractivity contribution < 1.29 is 9.18 Å². The van der Waals surface area contributed by atoms with E-state index in [1.807, 2.05) is 34.9 Å². The molecule has 0 aliphatic carbocycles. The summed E-state index contributed by atoms with van der Waals surface area (Å²) in [5, 5.41) is 8.34. The molecule has 0 radical (unpaired) electrons. The van der Waals surface area contributed by atoms with Crippen LogP contribution in [0.1, 0.15) is 40.4 Å². The summed E-state index contributed by atoms with van der Waals surface area (Å²) in [5.74, 6) is 0.845. The molecule has 2 heterocycles. The molecule has 3 aromatic rings. The van der Waals surface area contributed by atoms with E-state index in [0.717, 1.165) is 42.8 Å². The lowest BCUT2D eigenvalue weighted by atomic mass is 9.96. The predicted octanol–water partition coefficient (Wildman–Crippen LogP) is 4.15. The van der Waals surface area contributed by atoms with Gasteiger partial charge in [0, 0.05) is 13.0 Å². The average molecular weight is 349 g/mol. The standard InChI is InChI=1S/C21H20FN3O/c1-14-11-16(15-7-3-2-4-8-15)12-17(21(14)22)18(26)13-20-24-23-19-9-5-6-10-25(19)20/h2-4,7-8,11-12H,5-6,9-10,13H2,1H3. The number of benzene rings is 2. The Bertz CT molecular complexity index is 963. The zero-order chi connectivity index (χ0) is 18.1. The van der Waals surface area contributed by atoms with Gasteiger partial charge in [0.1, 0.15) is 17.5 Å². The van der Waals surface area contributed by atoms with Gasteiger partial charge >= 0.3 is 0 Å². The molecule has 0 amide bonds. The first-order valence-electron chi connectivity index (χ1n) is 8.93. The quantitative estimate of drug-likeness (QED) is 0.665. The summed E-state index contributed by atoms with van der Waals surface area (Å²) in [4.78, 5) is 12.8. The highest BCUT2D eigenvalue weighted by Crippen LogP contribution is 2.26. The van der Waals surface area contributed by atoms with E-state index in [-0.39, 0.29) is 17.8 Å². The molecule has 0 saturated heterocycles. The molecule has 4 nitrogen and oxygen atoms in total. The van der Waals surface area contributed by atoms with Crippen molar-refractivity contribution in [3.05, 3.63) is 71.1 Å². The van der Waals surface area contributed by atoms with Crippen molar-refractivity contribution in [2.75, 3.05) is 0 Å². The number of nitrogens with zero attached hydrogens (tertiary/aromatic N) is 3. The number of rotatable bonds is 4. The molecule has 26 heavy (non-hydrogen) atoms. The van der Waals surface area contributed by atoms with Crippen LogP contribution >= 0.6 is 0 Å². The molecule has 0 N–H and O–H groups in total. The van der Waals surface area contributed by atoms with E-state index >= 15 is 0 Å². The van der Waals surface area contributed by atoms with E-state index in [4.69, 9.17) is 0 Å². The van der Waals surface area contributed by atoms with Crippen LogP contribution in [0.4, 0.5) is 4.39 Å². The van der Waals surface area contributed by atoms with Crippen LogP contribution in [0.15, 0.2) is 42.5 Å². The first-order valence-corrected chi connectivity index (χ1v) is 8.93. The highest BCUT2D eigenvalue weighted by Gasteiger charge is 2.21. The van der Waals surface area contributed by atoms with E-state index in [2.05, 4.69) is 10.2 Å². The van der Waals surface area contributed by atoms with Crippen LogP contribution in [0.2, 0.25) is 0 Å². The van der Waals surface area contributed by atoms with Crippen molar-refractivity contribution in [3.63, 3.8) is 0 Å². The summed E-state index contributed by atoms with van der Waals surface area (Å²) in [7, 11) is 0. The molecule has 1 aliphatic heterocycles. The number of fused-ring (bicyclic) bond motifs is 1. The molecule has 0 spiro atoms. The van der Waals surface area contributed by atoms with Gasteiger partial charge in [-0.1, -0.05) is 30.3 Å². The molecule has 5 heteroatoms. The lowest BCUT2D eigenvalue weighted by molar-refractivity contribution is 0.0985. The molecule has 1 aromatic heterocycles. The molecule has 1 aliphatic rings. The molecule has 0 unspecified atom stereocenters. The number of aromatic nitrogens is 3. The second kappa shape index (κ2) is 6.83. The fraction of sp³-hybridized carbons (Fsp3) is 0.286. The maximum Gasteiger partial charge on any atom is 0.173 e. The van der Waals surface area contributed by atoms with Gasteiger partial charge in [0.15, 0.2) is 5.78 Å². The molecule has 0 saturated carbocycles. The van der Waals surface area contributed by atoms with Crippen molar-refractivity contribution in [2.45, 2.75) is 39.2 Å². The van der Waals surface area contributed by atoms with Crippen molar-refractivity contribution in [3.8, 4) is 11.1 Å². The van der Waals surface area contributed by atoms with Gasteiger partial charge in [-0.25, -0.2) is 4.39 Å². The Hall–Kier alpha value is -2.82. The van der Waals surface area contributed by atoms with E-state index in [0.29, 0.717) is 11.4 Å². The third kappa shape index (κ3) is 3.05. The summed E-state index contributed by atoms with van der Waals surface area (Å²) in [6.07, 6.45) is 3.11. The van der Waals surface area contributed by atoms with Crippen molar-refractivity contribution in [2.24, 2.45) is 0 Å². The number of carbonyl (C=O) groups excluding carboxylic acids is 1. The van der Waals surface area contributed by atoms with Crippen LogP contribution in [0.3, 0.4) is 0 Å². The summed E-state index contributed by atoms with van der Waals surface area (Å²) in [6.45, 7) is 2.52. The SMILES string of the molecule is Cc1cc(-c2ccccc2)cc(C(=O)Cc2nnc3n2CCCC3)c1F. The molecule has 0 fully saturated rings. The number of Topliss-reactive ketones (excluding diaryl/α,β-unsaturated/α-hetero) is 1. The van der Waals surface area contributed by atoms with Gasteiger partial charge < -0.3 is 4.57 Å². The molecule has 132 valence electrons. The fourth-order valence-corrected chi connectivity index (χ4v) is 3.51. The Morgan fingerprint density at radius 1 is 1.12 bits per heavy atom. The van der Waals surface area contributed by atoms with Gasteiger partial charge in [-0.15, -0.1) is 10.2 Å². The second-order valence-electron chi connectivity index (χ2n) is 6.76. The maximum absolute atomic E-state index is 14.7. The Balaban J connectivity index is 1.67. The summed E-state index contributed by atoms with van der Waals surface area (Å²) in [6, 6.07) is 13.1. The summed E-state index contributed by atoms with van der Waals surface area (Å²) < 4.78 is 16.7. The molecular weight excluding hydrogens is 329 g/mol. The van der Waals surface area contributed by atoms with Gasteiger partial charge in [0.2, 0.25) is 0 Å². The molecule has 2 aromatic carbocycles. The predicted molar refractivity (Wildman–Crippen MR) is 97.6 cm³/mol. The highest BCUT2D eigenvalue weighted by molar-refractivity contribution is 5.98. The van der Waals surface area contributed by atoms with E-state index in [9.17, 15) is 9.18 Å². The van der Waals surface area contributed by atoms with Crippen LogP contribution in [0.5, 0.6) is 0 Å². The fourth-order valence-electron chi connectivity index (χ4n) is 3.51. The topological polar surface area (TPSA) is 47.8 Å². The van der Waals surface area contributed by atoms with Gasteiger partial charge in [-0.2, -0.15) is 0 Å². The third-order valence-corrected chi connectivity index (χ3v) is 4.92. The van der Waals surface area contributed by atoms with Crippen molar-refractivity contribution in [1.82, 2.24) is 14.8 Å². The van der Waals surface area contributed by atoms with E-state index in [1.165, 1.54) is 0 Å². The maximum atomic E-state index is 14.7. The van der Waals surface area contributed by atoms with E-state index < -0.39 is 5.82 Å². The largest absolute Gasteiger partial charge is 0.315 e. The molecule has 4 rings (SSSR count). The Labute approximate surface area is 151 Å². The summed E-state index contributed by atoms with van der Waals surface area (Å²) >= 11 is 0. The molecular formula is C21H20FN3O. The number of ketones is 1. The van der Waals surface area contributed by atoms with Gasteiger partial charge in [0.05, 0.1) is 12.0 Å². The van der Waals surface area contributed by atoms with Crippen molar-refractivity contribution in [1.29, 1.82) is 0 Å². The monoisotopic (exact) mass is 349 g/mol. The normalized spacial score (nSPS) is 13.5. The zero-order valence-electron chi connectivity index (χ0n) is 14.7. The van der Waals surface area contributed by atoms with Crippen LogP contribution in [0.25, 0.3) is 11.1 Å². The van der Waals surface area contributed by atoms with Crippen LogP contribution in [0, 0.1) is 12.7 Å². The number of hydrogen-bond acceptors (Lipinski definition) is 3. The first-order chi connectivity index (χ1) is 12.6. The number of aryl methyl sites for hydroxylation is 2. The Kier molecular flexibility index (Phi) is 4.37. The smallest absolute Gasteiger partial charge is 0.173 e. The Morgan fingerprint density at radius 2 is 1.92 bits per heavy atom. The summed E-state index contributed by atoms with van der Waals surface area (Å²) in [5.41, 5.74) is 2.40. The highest BCUT2D eigenvalue weighted by atomic mass is 19.1. The van der Waals surface area contributed by atoms with E-state index in [1.54, 1.807) is 19.1 Å². The second-order valence-corrected chi connectivity index (χ2v) is 6.76. The van der Waals surface area contributed by atoms with Crippen LogP contribution in [-0.4, -0.2) is 20.5 Å². The lowest BCUT2D eigenvalue weighted by Crippen LogP contribution is -2.16. The van der Waals surface area contributed by atoms with Crippen LogP contribution in [-0.2, 0) is 19.4 Å². The van der Waals surface area contributed by atoms with Crippen LogP contribution < -0.4 is 0 Å². The minimum atomic E-state index is -0.451. The average Bonchev–Trinajstić information content (AvgIpc) is 3.07. The molecule has 0 bridgehead atoms. The zero-order valence-corrected chi connectivity index (χ0v) is 14.7. The number of halogens is 1. The van der Waals surface area contributed by atoms with Crippen molar-refractivity contribution >= 4 is 5.78 Å². The van der Waals surface area contributed by atoms with Gasteiger partial charge in [-0.3, -0.25) is 4.79 Å². The number of carbonyl (C=O) groups is 1. The Morgan fingerprint density at radius 3 is 2.73 bits per heavy atom. The third-order valence-electron chi connectivity index (χ3n) is 4.92. The molecule has 0 atom stereocenters. The lowest BCUT2D eigenvalue weighted by Gasteiger charge is -2.14. The minimum Gasteiger partial charge on any atom is -0.315 e. The van der Waals surface area contributed by atoms with Gasteiger partial charge in [0.25, 0.3) is 0 Å².